The van der Waals surface area contributed by atoms with E-state index in [0.717, 1.165) is 60.8 Å². The molecule has 1 aliphatic carbocycles. The maximum absolute atomic E-state index is 12.7. The summed E-state index contributed by atoms with van der Waals surface area (Å²) < 4.78 is 11.4. The molecule has 0 aromatic heterocycles. The van der Waals surface area contributed by atoms with Gasteiger partial charge in [-0.15, -0.1) is 0 Å². The highest BCUT2D eigenvalue weighted by molar-refractivity contribution is 7.99. The van der Waals surface area contributed by atoms with Gasteiger partial charge in [-0.2, -0.15) is 11.8 Å². The van der Waals surface area contributed by atoms with Gasteiger partial charge in [-0.3, -0.25) is 4.79 Å². The van der Waals surface area contributed by atoms with Crippen LogP contribution >= 0.6 is 11.8 Å². The molecule has 1 atom stereocenters. The predicted octanol–water partition coefficient (Wildman–Crippen LogP) is 2.44. The van der Waals surface area contributed by atoms with Crippen molar-refractivity contribution in [3.8, 4) is 11.5 Å². The molecule has 0 bridgehead atoms. The van der Waals surface area contributed by atoms with Crippen molar-refractivity contribution in [2.24, 2.45) is 0 Å². The van der Waals surface area contributed by atoms with Gasteiger partial charge in [0.2, 0.25) is 5.91 Å². The van der Waals surface area contributed by atoms with E-state index in [4.69, 9.17) is 9.47 Å². The molecule has 0 radical (unpaired) electrons. The van der Waals surface area contributed by atoms with Crippen LogP contribution in [0.1, 0.15) is 37.7 Å². The predicted molar refractivity (Wildman–Crippen MR) is 99.5 cm³/mol. The molecule has 1 saturated heterocycles. The van der Waals surface area contributed by atoms with Gasteiger partial charge in [-0.05, 0) is 30.5 Å². The van der Waals surface area contributed by atoms with Gasteiger partial charge in [0.25, 0.3) is 0 Å². The Hall–Kier alpha value is -1.40. The first-order valence-electron chi connectivity index (χ1n) is 9.27. The molecular formula is C19H26N2O3S. The van der Waals surface area contributed by atoms with Crippen LogP contribution in [0.15, 0.2) is 18.2 Å². The fourth-order valence-electron chi connectivity index (χ4n) is 4.10. The van der Waals surface area contributed by atoms with E-state index in [1.54, 1.807) is 0 Å². The molecule has 136 valence electrons. The zero-order chi connectivity index (χ0) is 17.1. The number of hydrogen-bond donors (Lipinski definition) is 2. The van der Waals surface area contributed by atoms with Gasteiger partial charge in [-0.1, -0.05) is 18.9 Å². The van der Waals surface area contributed by atoms with Crippen molar-refractivity contribution in [1.29, 1.82) is 0 Å². The van der Waals surface area contributed by atoms with Crippen molar-refractivity contribution in [3.05, 3.63) is 23.8 Å². The number of hydrogen-bond acceptors (Lipinski definition) is 5. The first kappa shape index (κ1) is 17.0. The zero-order valence-electron chi connectivity index (χ0n) is 14.5. The minimum atomic E-state index is -0.255. The fraction of sp³-hybridized carbons (Fsp3) is 0.632. The Bertz CT molecular complexity index is 625. The molecule has 2 N–H and O–H groups in total. The minimum absolute atomic E-state index is 0.150. The van der Waals surface area contributed by atoms with E-state index in [9.17, 15) is 4.79 Å². The summed E-state index contributed by atoms with van der Waals surface area (Å²) in [6.07, 6.45) is 4.83. The lowest BCUT2D eigenvalue weighted by molar-refractivity contribution is -0.123. The standard InChI is InChI=1S/C19H26N2O3S/c22-18(12-15-13-25-10-7-20-15)21-19(5-1-2-6-19)14-3-4-16-17(11-14)24-9-8-23-16/h3-4,11,15,20H,1-2,5-10,12-13H2,(H,21,22). The molecule has 1 amide bonds. The van der Waals surface area contributed by atoms with Gasteiger partial charge in [0.05, 0.1) is 5.54 Å². The second-order valence-electron chi connectivity index (χ2n) is 7.13. The number of thioether (sulfide) groups is 1. The number of carbonyl (C=O) groups excluding carboxylic acids is 1. The maximum atomic E-state index is 12.7. The minimum Gasteiger partial charge on any atom is -0.486 e. The highest BCUT2D eigenvalue weighted by Gasteiger charge is 2.38. The molecule has 6 heteroatoms. The Morgan fingerprint density at radius 2 is 2.04 bits per heavy atom. The molecule has 4 rings (SSSR count). The number of benzene rings is 1. The van der Waals surface area contributed by atoms with E-state index in [1.165, 1.54) is 0 Å². The molecule has 2 aliphatic heterocycles. The van der Waals surface area contributed by atoms with E-state index < -0.39 is 0 Å². The lowest BCUT2D eigenvalue weighted by Crippen LogP contribution is -2.47. The number of carbonyl (C=O) groups is 1. The molecule has 1 aromatic rings. The van der Waals surface area contributed by atoms with Gasteiger partial charge in [-0.25, -0.2) is 0 Å². The van der Waals surface area contributed by atoms with Crippen LogP contribution in [0.4, 0.5) is 0 Å². The number of nitrogens with one attached hydrogen (secondary N) is 2. The smallest absolute Gasteiger partial charge is 0.222 e. The second-order valence-corrected chi connectivity index (χ2v) is 8.28. The van der Waals surface area contributed by atoms with E-state index in [-0.39, 0.29) is 17.5 Å². The molecule has 5 nitrogen and oxygen atoms in total. The van der Waals surface area contributed by atoms with Crippen LogP contribution in [-0.2, 0) is 10.3 Å². The summed E-state index contributed by atoms with van der Waals surface area (Å²) in [6.45, 7) is 2.18. The van der Waals surface area contributed by atoms with Gasteiger partial charge in [0.1, 0.15) is 13.2 Å². The molecule has 1 aromatic carbocycles. The molecule has 0 spiro atoms. The summed E-state index contributed by atoms with van der Waals surface area (Å²) in [6, 6.07) is 6.43. The molecule has 1 saturated carbocycles. The summed E-state index contributed by atoms with van der Waals surface area (Å²) >= 11 is 1.93. The maximum Gasteiger partial charge on any atom is 0.222 e. The summed E-state index contributed by atoms with van der Waals surface area (Å²) in [7, 11) is 0. The van der Waals surface area contributed by atoms with Gasteiger partial charge in [0.15, 0.2) is 11.5 Å². The monoisotopic (exact) mass is 362 g/mol. The average Bonchev–Trinajstić information content (AvgIpc) is 3.11. The van der Waals surface area contributed by atoms with Crippen molar-refractivity contribution >= 4 is 17.7 Å². The van der Waals surface area contributed by atoms with Crippen LogP contribution in [0.25, 0.3) is 0 Å². The summed E-state index contributed by atoms with van der Waals surface area (Å²) in [4.78, 5) is 12.7. The van der Waals surface area contributed by atoms with Crippen molar-refractivity contribution in [2.75, 3.05) is 31.3 Å². The quantitative estimate of drug-likeness (QED) is 0.862. The largest absolute Gasteiger partial charge is 0.486 e. The highest BCUT2D eigenvalue weighted by atomic mass is 32.2. The van der Waals surface area contributed by atoms with Crippen LogP contribution in [0, 0.1) is 0 Å². The van der Waals surface area contributed by atoms with Gasteiger partial charge in [0, 0.05) is 30.5 Å². The number of rotatable bonds is 4. The van der Waals surface area contributed by atoms with E-state index in [1.807, 2.05) is 17.8 Å². The molecule has 1 unspecified atom stereocenters. The zero-order valence-corrected chi connectivity index (χ0v) is 15.3. The van der Waals surface area contributed by atoms with Gasteiger partial charge < -0.3 is 20.1 Å². The Morgan fingerprint density at radius 1 is 1.24 bits per heavy atom. The third-order valence-electron chi connectivity index (χ3n) is 5.36. The van der Waals surface area contributed by atoms with E-state index in [0.29, 0.717) is 19.6 Å². The highest BCUT2D eigenvalue weighted by Crippen LogP contribution is 2.42. The SMILES string of the molecule is O=C(CC1CSCCN1)NC1(c2ccc3c(c2)OCCO3)CCCC1. The van der Waals surface area contributed by atoms with Crippen LogP contribution < -0.4 is 20.1 Å². The second kappa shape index (κ2) is 7.46. The number of amides is 1. The normalized spacial score (nSPS) is 24.7. The van der Waals surface area contributed by atoms with E-state index >= 15 is 0 Å². The van der Waals surface area contributed by atoms with Crippen molar-refractivity contribution < 1.29 is 14.3 Å². The third kappa shape index (κ3) is 3.75. The van der Waals surface area contributed by atoms with Crippen LogP contribution in [0.3, 0.4) is 0 Å². The Morgan fingerprint density at radius 3 is 2.80 bits per heavy atom. The fourth-order valence-corrected chi connectivity index (χ4v) is 5.05. The van der Waals surface area contributed by atoms with Crippen LogP contribution in [0.5, 0.6) is 11.5 Å². The Balaban J connectivity index is 1.50. The van der Waals surface area contributed by atoms with E-state index in [2.05, 4.69) is 22.8 Å². The first-order chi connectivity index (χ1) is 12.3. The van der Waals surface area contributed by atoms with Crippen molar-refractivity contribution in [1.82, 2.24) is 10.6 Å². The number of ether oxygens (including phenoxy) is 2. The molecule has 2 fully saturated rings. The first-order valence-corrected chi connectivity index (χ1v) is 10.4. The van der Waals surface area contributed by atoms with Crippen molar-refractivity contribution in [3.63, 3.8) is 0 Å². The molecule has 25 heavy (non-hydrogen) atoms. The lowest BCUT2D eigenvalue weighted by Gasteiger charge is -2.33. The van der Waals surface area contributed by atoms with Crippen LogP contribution in [0.2, 0.25) is 0 Å². The topological polar surface area (TPSA) is 59.6 Å². The van der Waals surface area contributed by atoms with Crippen LogP contribution in [-0.4, -0.2) is 43.2 Å². The average molecular weight is 362 g/mol. The molecule has 3 aliphatic rings. The summed E-state index contributed by atoms with van der Waals surface area (Å²) in [5.74, 6) is 3.91. The Kier molecular flexibility index (Phi) is 5.08. The molecule has 2 heterocycles. The lowest BCUT2D eigenvalue weighted by atomic mass is 9.87. The van der Waals surface area contributed by atoms with Crippen molar-refractivity contribution in [2.45, 2.75) is 43.7 Å². The summed E-state index contributed by atoms with van der Waals surface area (Å²) in [5, 5.41) is 6.83. The Labute approximate surface area is 153 Å². The van der Waals surface area contributed by atoms with Gasteiger partial charge >= 0.3 is 0 Å². The summed E-state index contributed by atoms with van der Waals surface area (Å²) in [5.41, 5.74) is 0.892. The number of fused-ring (bicyclic) bond motifs is 1. The third-order valence-corrected chi connectivity index (χ3v) is 6.49. The molecular weight excluding hydrogens is 336 g/mol.